The molecule has 0 aromatic carbocycles. The van der Waals surface area contributed by atoms with Crippen LogP contribution in [0.3, 0.4) is 0 Å². The van der Waals surface area contributed by atoms with Crippen molar-refractivity contribution in [1.82, 2.24) is 10.2 Å². The summed E-state index contributed by atoms with van der Waals surface area (Å²) >= 11 is 0. The van der Waals surface area contributed by atoms with Gasteiger partial charge in [-0.3, -0.25) is 4.90 Å². The molecule has 2 rings (SSSR count). The smallest absolute Gasteiger partial charge is 0.0655 e. The summed E-state index contributed by atoms with van der Waals surface area (Å²) in [5.74, 6) is 0. The van der Waals surface area contributed by atoms with Crippen LogP contribution in [-0.2, 0) is 4.74 Å². The normalized spacial score (nSPS) is 33.5. The van der Waals surface area contributed by atoms with Crippen molar-refractivity contribution in [2.75, 3.05) is 26.2 Å². The van der Waals surface area contributed by atoms with E-state index >= 15 is 0 Å². The molecule has 2 aliphatic rings. The van der Waals surface area contributed by atoms with Gasteiger partial charge in [-0.25, -0.2) is 0 Å². The minimum Gasteiger partial charge on any atom is -0.378 e. The maximum absolute atomic E-state index is 5.91. The lowest BCUT2D eigenvalue weighted by atomic mass is 9.63. The molecule has 1 saturated carbocycles. The molecule has 3 nitrogen and oxygen atoms in total. The molecule has 0 aromatic rings. The Balaban J connectivity index is 2.05. The summed E-state index contributed by atoms with van der Waals surface area (Å²) in [7, 11) is 0. The number of nitrogens with one attached hydrogen (secondary N) is 1. The zero-order chi connectivity index (χ0) is 14.8. The van der Waals surface area contributed by atoms with Crippen molar-refractivity contribution in [3.8, 4) is 0 Å². The van der Waals surface area contributed by atoms with Crippen LogP contribution in [0.2, 0.25) is 0 Å². The average molecular weight is 282 g/mol. The molecule has 118 valence electrons. The standard InChI is InChI=1S/C17H34N2O/c1-6-17(7-2)13-19(11-9-10-18-17)14-12-15(20-8-3)16(14,4)5/h14-15,18H,6-13H2,1-5H3. The van der Waals surface area contributed by atoms with Crippen LogP contribution in [0.4, 0.5) is 0 Å². The molecule has 1 N–H and O–H groups in total. The summed E-state index contributed by atoms with van der Waals surface area (Å²) in [6.07, 6.45) is 5.38. The first-order valence-corrected chi connectivity index (χ1v) is 8.59. The molecule has 20 heavy (non-hydrogen) atoms. The van der Waals surface area contributed by atoms with Crippen LogP contribution >= 0.6 is 0 Å². The highest BCUT2D eigenvalue weighted by Gasteiger charge is 2.52. The minimum atomic E-state index is 0.299. The average Bonchev–Trinajstić information content (AvgIpc) is 2.66. The number of rotatable bonds is 5. The fourth-order valence-corrected chi connectivity index (χ4v) is 4.12. The minimum absolute atomic E-state index is 0.299. The van der Waals surface area contributed by atoms with E-state index < -0.39 is 0 Å². The number of ether oxygens (including phenoxy) is 1. The van der Waals surface area contributed by atoms with E-state index in [-0.39, 0.29) is 0 Å². The molecule has 0 radical (unpaired) electrons. The Morgan fingerprint density at radius 2 is 1.90 bits per heavy atom. The van der Waals surface area contributed by atoms with E-state index in [1.165, 1.54) is 45.3 Å². The van der Waals surface area contributed by atoms with Crippen molar-refractivity contribution in [3.63, 3.8) is 0 Å². The molecule has 0 bridgehead atoms. The zero-order valence-corrected chi connectivity index (χ0v) is 14.2. The van der Waals surface area contributed by atoms with Gasteiger partial charge >= 0.3 is 0 Å². The SMILES string of the molecule is CCOC1CC(N2CCCNC(CC)(CC)C2)C1(C)C. The van der Waals surface area contributed by atoms with Gasteiger partial charge in [0, 0.05) is 30.1 Å². The molecule has 1 aliphatic carbocycles. The van der Waals surface area contributed by atoms with Gasteiger partial charge < -0.3 is 10.1 Å². The van der Waals surface area contributed by atoms with Crippen molar-refractivity contribution in [3.05, 3.63) is 0 Å². The topological polar surface area (TPSA) is 24.5 Å². The second kappa shape index (κ2) is 6.33. The van der Waals surface area contributed by atoms with E-state index in [0.29, 0.717) is 23.1 Å². The van der Waals surface area contributed by atoms with Gasteiger partial charge in [0.1, 0.15) is 0 Å². The summed E-state index contributed by atoms with van der Waals surface area (Å²) in [5.41, 5.74) is 0.622. The highest BCUT2D eigenvalue weighted by Crippen LogP contribution is 2.46. The van der Waals surface area contributed by atoms with E-state index in [0.717, 1.165) is 6.61 Å². The third kappa shape index (κ3) is 2.90. The highest BCUT2D eigenvalue weighted by atomic mass is 16.5. The predicted octanol–water partition coefficient (Wildman–Crippen LogP) is 3.04. The second-order valence-electron chi connectivity index (χ2n) is 7.26. The van der Waals surface area contributed by atoms with Crippen molar-refractivity contribution < 1.29 is 4.74 Å². The van der Waals surface area contributed by atoms with Gasteiger partial charge in [0.2, 0.25) is 0 Å². The van der Waals surface area contributed by atoms with E-state index in [2.05, 4.69) is 44.8 Å². The highest BCUT2D eigenvalue weighted by molar-refractivity contribution is 5.06. The molecular weight excluding hydrogens is 248 g/mol. The Kier molecular flexibility index (Phi) is 5.14. The maximum atomic E-state index is 5.91. The largest absolute Gasteiger partial charge is 0.378 e. The lowest BCUT2D eigenvalue weighted by Gasteiger charge is -2.56. The molecule has 0 spiro atoms. The summed E-state index contributed by atoms with van der Waals surface area (Å²) < 4.78 is 5.91. The van der Waals surface area contributed by atoms with Gasteiger partial charge in [-0.1, -0.05) is 27.7 Å². The quantitative estimate of drug-likeness (QED) is 0.839. The summed E-state index contributed by atoms with van der Waals surface area (Å²) in [5, 5.41) is 3.82. The lowest BCUT2D eigenvalue weighted by molar-refractivity contribution is -0.152. The van der Waals surface area contributed by atoms with Crippen LogP contribution in [0.1, 0.15) is 60.3 Å². The Bertz CT molecular complexity index is 312. The number of hydrogen-bond acceptors (Lipinski definition) is 3. The Hall–Kier alpha value is -0.120. The van der Waals surface area contributed by atoms with E-state index in [4.69, 9.17) is 4.74 Å². The van der Waals surface area contributed by atoms with Crippen molar-refractivity contribution in [1.29, 1.82) is 0 Å². The van der Waals surface area contributed by atoms with Crippen LogP contribution in [-0.4, -0.2) is 48.8 Å². The van der Waals surface area contributed by atoms with Crippen LogP contribution in [0.15, 0.2) is 0 Å². The van der Waals surface area contributed by atoms with Crippen LogP contribution < -0.4 is 5.32 Å². The molecule has 0 amide bonds. The molecule has 1 saturated heterocycles. The third-order valence-electron chi connectivity index (χ3n) is 5.92. The summed E-state index contributed by atoms with van der Waals surface area (Å²) in [6.45, 7) is 16.0. The first-order chi connectivity index (χ1) is 9.49. The van der Waals surface area contributed by atoms with Gasteiger partial charge in [0.15, 0.2) is 0 Å². The van der Waals surface area contributed by atoms with E-state index in [1.54, 1.807) is 0 Å². The van der Waals surface area contributed by atoms with Gasteiger partial charge in [0.25, 0.3) is 0 Å². The molecular formula is C17H34N2O. The third-order valence-corrected chi connectivity index (χ3v) is 5.92. The predicted molar refractivity (Wildman–Crippen MR) is 85.1 cm³/mol. The van der Waals surface area contributed by atoms with Crippen molar-refractivity contribution in [2.45, 2.75) is 78.0 Å². The summed E-state index contributed by atoms with van der Waals surface area (Å²) in [4.78, 5) is 2.75. The Labute approximate surface area is 125 Å². The van der Waals surface area contributed by atoms with E-state index in [9.17, 15) is 0 Å². The molecule has 2 atom stereocenters. The second-order valence-corrected chi connectivity index (χ2v) is 7.26. The van der Waals surface area contributed by atoms with Crippen LogP contribution in [0.5, 0.6) is 0 Å². The first kappa shape index (κ1) is 16.3. The molecule has 1 heterocycles. The van der Waals surface area contributed by atoms with Crippen molar-refractivity contribution in [2.24, 2.45) is 5.41 Å². The fourth-order valence-electron chi connectivity index (χ4n) is 4.12. The van der Waals surface area contributed by atoms with Gasteiger partial charge in [0.05, 0.1) is 6.10 Å². The fraction of sp³-hybridized carbons (Fsp3) is 1.00. The molecule has 1 aliphatic heterocycles. The monoisotopic (exact) mass is 282 g/mol. The lowest BCUT2D eigenvalue weighted by Crippen LogP contribution is -2.64. The molecule has 0 aromatic heterocycles. The maximum Gasteiger partial charge on any atom is 0.0655 e. The van der Waals surface area contributed by atoms with Crippen molar-refractivity contribution >= 4 is 0 Å². The van der Waals surface area contributed by atoms with Gasteiger partial charge in [-0.05, 0) is 45.7 Å². The van der Waals surface area contributed by atoms with E-state index in [1.807, 2.05) is 0 Å². The van der Waals surface area contributed by atoms with Crippen LogP contribution in [0, 0.1) is 5.41 Å². The van der Waals surface area contributed by atoms with Crippen LogP contribution in [0.25, 0.3) is 0 Å². The number of hydrogen-bond donors (Lipinski definition) is 1. The van der Waals surface area contributed by atoms with Gasteiger partial charge in [-0.15, -0.1) is 0 Å². The summed E-state index contributed by atoms with van der Waals surface area (Å²) in [6, 6.07) is 0.691. The molecule has 2 unspecified atom stereocenters. The van der Waals surface area contributed by atoms with Gasteiger partial charge in [-0.2, -0.15) is 0 Å². The zero-order valence-electron chi connectivity index (χ0n) is 14.2. The number of nitrogens with zero attached hydrogens (tertiary/aromatic N) is 1. The molecule has 3 heteroatoms. The molecule has 2 fully saturated rings. The Morgan fingerprint density at radius 1 is 1.20 bits per heavy atom. The Morgan fingerprint density at radius 3 is 2.45 bits per heavy atom. The first-order valence-electron chi connectivity index (χ1n) is 8.59.